The van der Waals surface area contributed by atoms with E-state index in [2.05, 4.69) is 9.88 Å². The van der Waals surface area contributed by atoms with Gasteiger partial charge in [0.2, 0.25) is 0 Å². The molecule has 0 spiro atoms. The number of carbonyl (C=O) groups excluding carboxylic acids is 1. The Labute approximate surface area is 186 Å². The predicted molar refractivity (Wildman–Crippen MR) is 124 cm³/mol. The number of aromatic nitrogens is 1. The molecule has 8 heteroatoms. The summed E-state index contributed by atoms with van der Waals surface area (Å²) in [6.07, 6.45) is 0.840. The molecule has 3 aromatic rings. The third kappa shape index (κ3) is 6.31. The minimum atomic E-state index is -0.115. The first-order chi connectivity index (χ1) is 13.4. The maximum absolute atomic E-state index is 13.0. The average molecular weight is 454 g/mol. The number of amides is 1. The zero-order valence-electron chi connectivity index (χ0n) is 16.7. The second-order valence-electron chi connectivity index (χ2n) is 6.89. The van der Waals surface area contributed by atoms with E-state index in [0.29, 0.717) is 22.4 Å². The van der Waals surface area contributed by atoms with Gasteiger partial charge >= 0.3 is 0 Å². The summed E-state index contributed by atoms with van der Waals surface area (Å²) in [5.41, 5.74) is 1.82. The Morgan fingerprint density at radius 3 is 2.62 bits per heavy atom. The molecular formula is C21H25Cl2N3O2S. The third-order valence-electron chi connectivity index (χ3n) is 4.23. The Balaban J connectivity index is 0.00000300. The van der Waals surface area contributed by atoms with Crippen LogP contribution in [0.4, 0.5) is 5.13 Å². The molecule has 0 aliphatic heterocycles. The largest absolute Gasteiger partial charge is 0.484 e. The van der Waals surface area contributed by atoms with Crippen LogP contribution in [0.25, 0.3) is 10.2 Å². The first kappa shape index (κ1) is 23.4. The lowest BCUT2D eigenvalue weighted by Crippen LogP contribution is -2.36. The number of hydrogen-bond acceptors (Lipinski definition) is 5. The second kappa shape index (κ2) is 10.8. The summed E-state index contributed by atoms with van der Waals surface area (Å²) >= 11 is 7.74. The Bertz CT molecular complexity index is 962. The molecule has 1 aromatic heterocycles. The normalized spacial score (nSPS) is 10.8. The van der Waals surface area contributed by atoms with Gasteiger partial charge in [-0.05, 0) is 63.8 Å². The number of hydrogen-bond donors (Lipinski definition) is 0. The van der Waals surface area contributed by atoms with Gasteiger partial charge in [0.05, 0.1) is 9.72 Å². The van der Waals surface area contributed by atoms with Crippen LogP contribution in [-0.4, -0.2) is 49.6 Å². The molecular weight excluding hydrogens is 429 g/mol. The van der Waals surface area contributed by atoms with Crippen molar-refractivity contribution in [3.8, 4) is 5.75 Å². The highest BCUT2D eigenvalue weighted by Gasteiger charge is 2.21. The standard InChI is InChI=1S/C21H24ClN3O2S.ClH/c1-15-7-4-8-16(13-15)27-14-19(26)25(12-6-11-24(2)3)21-23-20-17(22)9-5-10-18(20)28-21;/h4-5,7-10,13H,6,11-12,14H2,1-3H3;1H. The maximum atomic E-state index is 13.0. The fraction of sp³-hybridized carbons (Fsp3) is 0.333. The van der Waals surface area contributed by atoms with Crippen molar-refractivity contribution >= 4 is 56.6 Å². The van der Waals surface area contributed by atoms with E-state index in [4.69, 9.17) is 16.3 Å². The van der Waals surface area contributed by atoms with Gasteiger partial charge in [-0.25, -0.2) is 4.98 Å². The molecule has 1 heterocycles. The molecule has 156 valence electrons. The highest BCUT2D eigenvalue weighted by Crippen LogP contribution is 2.33. The number of ether oxygens (including phenoxy) is 1. The molecule has 0 atom stereocenters. The molecule has 5 nitrogen and oxygen atoms in total. The Morgan fingerprint density at radius 2 is 1.93 bits per heavy atom. The fourth-order valence-corrected chi connectivity index (χ4v) is 4.13. The number of nitrogens with zero attached hydrogens (tertiary/aromatic N) is 3. The smallest absolute Gasteiger partial charge is 0.266 e. The number of aryl methyl sites for hydroxylation is 1. The van der Waals surface area contributed by atoms with E-state index in [0.717, 1.165) is 28.7 Å². The molecule has 0 saturated heterocycles. The van der Waals surface area contributed by atoms with Crippen LogP contribution in [0.5, 0.6) is 5.75 Å². The molecule has 3 rings (SSSR count). The van der Waals surface area contributed by atoms with Crippen LogP contribution in [-0.2, 0) is 4.79 Å². The van der Waals surface area contributed by atoms with Gasteiger partial charge in [0, 0.05) is 6.54 Å². The van der Waals surface area contributed by atoms with Crippen LogP contribution in [0.15, 0.2) is 42.5 Å². The van der Waals surface area contributed by atoms with Crippen molar-refractivity contribution in [3.05, 3.63) is 53.1 Å². The topological polar surface area (TPSA) is 45.7 Å². The molecule has 29 heavy (non-hydrogen) atoms. The first-order valence-electron chi connectivity index (χ1n) is 9.13. The molecule has 0 saturated carbocycles. The average Bonchev–Trinajstić information content (AvgIpc) is 3.08. The zero-order chi connectivity index (χ0) is 20.1. The van der Waals surface area contributed by atoms with Crippen molar-refractivity contribution in [3.63, 3.8) is 0 Å². The first-order valence-corrected chi connectivity index (χ1v) is 10.3. The Hall–Kier alpha value is -1.86. The van der Waals surface area contributed by atoms with Crippen molar-refractivity contribution in [2.24, 2.45) is 0 Å². The molecule has 0 N–H and O–H groups in total. The van der Waals surface area contributed by atoms with Gasteiger partial charge in [-0.15, -0.1) is 12.4 Å². The predicted octanol–water partition coefficient (Wildman–Crippen LogP) is 5.04. The van der Waals surface area contributed by atoms with Crippen LogP contribution < -0.4 is 9.64 Å². The number of thiazole rings is 1. The lowest BCUT2D eigenvalue weighted by Gasteiger charge is -2.21. The molecule has 0 fully saturated rings. The highest BCUT2D eigenvalue weighted by molar-refractivity contribution is 7.22. The molecule has 0 aliphatic rings. The van der Waals surface area contributed by atoms with Crippen molar-refractivity contribution < 1.29 is 9.53 Å². The van der Waals surface area contributed by atoms with Gasteiger partial charge in [-0.1, -0.05) is 41.1 Å². The van der Waals surface area contributed by atoms with Crippen molar-refractivity contribution in [2.75, 3.05) is 38.7 Å². The third-order valence-corrected chi connectivity index (χ3v) is 5.58. The molecule has 1 amide bonds. The van der Waals surface area contributed by atoms with Gasteiger partial charge in [0.15, 0.2) is 11.7 Å². The second-order valence-corrected chi connectivity index (χ2v) is 8.31. The van der Waals surface area contributed by atoms with E-state index in [1.807, 2.05) is 63.5 Å². The monoisotopic (exact) mass is 453 g/mol. The summed E-state index contributed by atoms with van der Waals surface area (Å²) in [5, 5.41) is 1.25. The summed E-state index contributed by atoms with van der Waals surface area (Å²) in [7, 11) is 4.04. The van der Waals surface area contributed by atoms with E-state index in [9.17, 15) is 4.79 Å². The molecule has 0 aliphatic carbocycles. The Morgan fingerprint density at radius 1 is 1.17 bits per heavy atom. The summed E-state index contributed by atoms with van der Waals surface area (Å²) in [4.78, 5) is 21.4. The summed E-state index contributed by atoms with van der Waals surface area (Å²) < 4.78 is 6.69. The summed E-state index contributed by atoms with van der Waals surface area (Å²) in [5.74, 6) is 0.573. The van der Waals surface area contributed by atoms with E-state index < -0.39 is 0 Å². The SMILES string of the molecule is Cc1cccc(OCC(=O)N(CCCN(C)C)c2nc3c(Cl)cccc3s2)c1.Cl. The lowest BCUT2D eigenvalue weighted by atomic mass is 10.2. The number of para-hydroxylation sites is 1. The highest BCUT2D eigenvalue weighted by atomic mass is 35.5. The minimum absolute atomic E-state index is 0. The van der Waals surface area contributed by atoms with Crippen LogP contribution >= 0.6 is 35.3 Å². The van der Waals surface area contributed by atoms with E-state index in [1.165, 1.54) is 11.3 Å². The maximum Gasteiger partial charge on any atom is 0.266 e. The van der Waals surface area contributed by atoms with E-state index >= 15 is 0 Å². The number of fused-ring (bicyclic) bond motifs is 1. The molecule has 2 aromatic carbocycles. The van der Waals surface area contributed by atoms with Crippen LogP contribution in [0.1, 0.15) is 12.0 Å². The van der Waals surface area contributed by atoms with Gasteiger partial charge in [-0.2, -0.15) is 0 Å². The van der Waals surface area contributed by atoms with Gasteiger partial charge < -0.3 is 9.64 Å². The quantitative estimate of drug-likeness (QED) is 0.478. The van der Waals surface area contributed by atoms with Crippen molar-refractivity contribution in [1.82, 2.24) is 9.88 Å². The number of benzene rings is 2. The molecule has 0 bridgehead atoms. The van der Waals surface area contributed by atoms with Crippen molar-refractivity contribution in [2.45, 2.75) is 13.3 Å². The Kier molecular flexibility index (Phi) is 8.71. The number of halogens is 2. The van der Waals surface area contributed by atoms with Crippen LogP contribution in [0.2, 0.25) is 5.02 Å². The molecule has 0 radical (unpaired) electrons. The zero-order valence-corrected chi connectivity index (χ0v) is 19.1. The summed E-state index contributed by atoms with van der Waals surface area (Å²) in [6, 6.07) is 13.4. The van der Waals surface area contributed by atoms with Crippen LogP contribution in [0, 0.1) is 6.92 Å². The van der Waals surface area contributed by atoms with E-state index in [-0.39, 0.29) is 24.9 Å². The minimum Gasteiger partial charge on any atom is -0.484 e. The lowest BCUT2D eigenvalue weighted by molar-refractivity contribution is -0.120. The summed E-state index contributed by atoms with van der Waals surface area (Å²) in [6.45, 7) is 3.42. The number of rotatable bonds is 8. The van der Waals surface area contributed by atoms with Gasteiger partial charge in [0.25, 0.3) is 5.91 Å². The number of anilines is 1. The van der Waals surface area contributed by atoms with Gasteiger partial charge in [-0.3, -0.25) is 9.69 Å². The van der Waals surface area contributed by atoms with Crippen LogP contribution in [0.3, 0.4) is 0 Å². The number of carbonyl (C=O) groups is 1. The van der Waals surface area contributed by atoms with Crippen molar-refractivity contribution in [1.29, 1.82) is 0 Å². The molecule has 0 unspecified atom stereocenters. The fourth-order valence-electron chi connectivity index (χ4n) is 2.82. The van der Waals surface area contributed by atoms with Gasteiger partial charge in [0.1, 0.15) is 11.3 Å². The van der Waals surface area contributed by atoms with E-state index in [1.54, 1.807) is 4.90 Å².